The highest BCUT2D eigenvalue weighted by Gasteiger charge is 2.12. The molecule has 6 nitrogen and oxygen atoms in total. The summed E-state index contributed by atoms with van der Waals surface area (Å²) in [5, 5.41) is 13.8. The first-order valence-corrected chi connectivity index (χ1v) is 8.39. The quantitative estimate of drug-likeness (QED) is 0.650. The van der Waals surface area contributed by atoms with Gasteiger partial charge in [-0.2, -0.15) is 0 Å². The second-order valence-electron chi connectivity index (χ2n) is 5.61. The molecule has 0 aliphatic rings. The Labute approximate surface area is 157 Å². The number of anilines is 1. The minimum Gasteiger partial charge on any atom is -0.495 e. The van der Waals surface area contributed by atoms with Crippen LogP contribution < -0.4 is 19.5 Å². The molecule has 0 amide bonds. The molecule has 7 heteroatoms. The number of benzene rings is 2. The zero-order valence-corrected chi connectivity index (χ0v) is 15.7. The molecule has 0 heterocycles. The Balaban J connectivity index is 1.94. The van der Waals surface area contributed by atoms with Gasteiger partial charge in [0.15, 0.2) is 17.3 Å². The third kappa shape index (κ3) is 5.28. The van der Waals surface area contributed by atoms with E-state index >= 15 is 0 Å². The van der Waals surface area contributed by atoms with Crippen LogP contribution in [0.3, 0.4) is 0 Å². The predicted octanol–water partition coefficient (Wildman–Crippen LogP) is 3.41. The van der Waals surface area contributed by atoms with Crippen LogP contribution in [0.1, 0.15) is 17.3 Å². The molecule has 0 bridgehead atoms. The molecular formula is C19H22ClNO5. The van der Waals surface area contributed by atoms with Crippen LogP contribution in [0.15, 0.2) is 36.4 Å². The molecule has 140 valence electrons. The van der Waals surface area contributed by atoms with Crippen molar-refractivity contribution < 1.29 is 24.1 Å². The molecule has 0 radical (unpaired) electrons. The van der Waals surface area contributed by atoms with Crippen LogP contribution in [0.25, 0.3) is 0 Å². The zero-order chi connectivity index (χ0) is 19.1. The van der Waals surface area contributed by atoms with Gasteiger partial charge < -0.3 is 24.6 Å². The van der Waals surface area contributed by atoms with E-state index in [4.69, 9.17) is 25.8 Å². The van der Waals surface area contributed by atoms with Gasteiger partial charge in [-0.3, -0.25) is 4.79 Å². The highest BCUT2D eigenvalue weighted by atomic mass is 35.5. The fourth-order valence-electron chi connectivity index (χ4n) is 2.30. The Hall–Kier alpha value is -2.44. The van der Waals surface area contributed by atoms with E-state index in [1.54, 1.807) is 43.5 Å². The van der Waals surface area contributed by atoms with Crippen LogP contribution in [-0.2, 0) is 0 Å². The van der Waals surface area contributed by atoms with Crippen LogP contribution in [0.5, 0.6) is 17.2 Å². The summed E-state index contributed by atoms with van der Waals surface area (Å²) in [5.41, 5.74) is 1.21. The highest BCUT2D eigenvalue weighted by molar-refractivity contribution is 6.30. The lowest BCUT2D eigenvalue weighted by atomic mass is 10.1. The molecule has 0 unspecified atom stereocenters. The van der Waals surface area contributed by atoms with E-state index in [0.29, 0.717) is 33.5 Å². The van der Waals surface area contributed by atoms with E-state index in [2.05, 4.69) is 5.32 Å². The molecular weight excluding hydrogens is 358 g/mol. The summed E-state index contributed by atoms with van der Waals surface area (Å²) < 4.78 is 16.1. The first-order valence-electron chi connectivity index (χ1n) is 8.01. The van der Waals surface area contributed by atoms with E-state index in [1.165, 1.54) is 14.0 Å². The van der Waals surface area contributed by atoms with Gasteiger partial charge in [-0.05, 0) is 43.3 Å². The van der Waals surface area contributed by atoms with Crippen LogP contribution in [0.2, 0.25) is 5.02 Å². The van der Waals surface area contributed by atoms with Crippen LogP contribution >= 0.6 is 11.6 Å². The largest absolute Gasteiger partial charge is 0.495 e. The molecule has 0 aliphatic carbocycles. The molecule has 2 aromatic rings. The van der Waals surface area contributed by atoms with Crippen molar-refractivity contribution in [1.82, 2.24) is 0 Å². The summed E-state index contributed by atoms with van der Waals surface area (Å²) in [6.45, 7) is 1.77. The third-order valence-electron chi connectivity index (χ3n) is 3.69. The number of hydrogen-bond donors (Lipinski definition) is 2. The first-order chi connectivity index (χ1) is 12.4. The topological polar surface area (TPSA) is 77.0 Å². The molecule has 0 saturated heterocycles. The molecule has 1 atom stereocenters. The lowest BCUT2D eigenvalue weighted by Gasteiger charge is -2.17. The fraction of sp³-hybridized carbons (Fsp3) is 0.316. The summed E-state index contributed by atoms with van der Waals surface area (Å²) in [4.78, 5) is 11.4. The van der Waals surface area contributed by atoms with Gasteiger partial charge in [-0.15, -0.1) is 0 Å². The van der Waals surface area contributed by atoms with E-state index in [9.17, 15) is 9.90 Å². The number of carbonyl (C=O) groups excluding carboxylic acids is 1. The second-order valence-corrected chi connectivity index (χ2v) is 6.05. The lowest BCUT2D eigenvalue weighted by Crippen LogP contribution is -2.26. The molecule has 0 aliphatic heterocycles. The minimum atomic E-state index is -0.782. The maximum atomic E-state index is 11.4. The highest BCUT2D eigenvalue weighted by Crippen LogP contribution is 2.29. The molecule has 0 saturated carbocycles. The van der Waals surface area contributed by atoms with Crippen molar-refractivity contribution in [3.63, 3.8) is 0 Å². The summed E-state index contributed by atoms with van der Waals surface area (Å²) >= 11 is 5.98. The van der Waals surface area contributed by atoms with Gasteiger partial charge in [0.1, 0.15) is 18.5 Å². The second kappa shape index (κ2) is 9.31. The van der Waals surface area contributed by atoms with Gasteiger partial charge in [0, 0.05) is 17.1 Å². The van der Waals surface area contributed by atoms with E-state index < -0.39 is 6.10 Å². The first kappa shape index (κ1) is 19.9. The molecule has 2 N–H and O–H groups in total. The number of aliphatic hydroxyl groups excluding tert-OH is 1. The molecule has 0 spiro atoms. The van der Waals surface area contributed by atoms with E-state index in [0.717, 1.165) is 0 Å². The summed E-state index contributed by atoms with van der Waals surface area (Å²) in [6.07, 6.45) is -0.782. The number of ketones is 1. The Morgan fingerprint density at radius 1 is 1.12 bits per heavy atom. The van der Waals surface area contributed by atoms with Gasteiger partial charge in [-0.1, -0.05) is 11.6 Å². The van der Waals surface area contributed by atoms with Crippen LogP contribution in [0.4, 0.5) is 5.69 Å². The molecule has 0 aromatic heterocycles. The van der Waals surface area contributed by atoms with Crippen molar-refractivity contribution in [1.29, 1.82) is 0 Å². The molecule has 0 fully saturated rings. The van der Waals surface area contributed by atoms with Gasteiger partial charge >= 0.3 is 0 Å². The Bertz CT molecular complexity index is 766. The number of aliphatic hydroxyl groups is 1. The minimum absolute atomic E-state index is 0.0473. The number of Topliss-reactive ketones (excluding diaryl/α,β-unsaturated/α-hetero) is 1. The van der Waals surface area contributed by atoms with Crippen molar-refractivity contribution in [3.8, 4) is 17.2 Å². The normalized spacial score (nSPS) is 11.6. The third-order valence-corrected chi connectivity index (χ3v) is 3.93. The average Bonchev–Trinajstić information content (AvgIpc) is 2.64. The Kier molecular flexibility index (Phi) is 7.12. The lowest BCUT2D eigenvalue weighted by molar-refractivity contribution is 0.101. The molecule has 2 rings (SSSR count). The monoisotopic (exact) mass is 379 g/mol. The number of nitrogens with one attached hydrogen (secondary N) is 1. The summed E-state index contributed by atoms with van der Waals surface area (Å²) in [7, 11) is 3.06. The van der Waals surface area contributed by atoms with Crippen molar-refractivity contribution in [2.24, 2.45) is 0 Å². The summed E-state index contributed by atoms with van der Waals surface area (Å²) in [6, 6.07) is 10.1. The number of hydrogen-bond acceptors (Lipinski definition) is 6. The zero-order valence-electron chi connectivity index (χ0n) is 14.9. The van der Waals surface area contributed by atoms with E-state index in [1.807, 2.05) is 0 Å². The number of rotatable bonds is 9. The number of halogens is 1. The van der Waals surface area contributed by atoms with Gasteiger partial charge in [0.25, 0.3) is 0 Å². The Morgan fingerprint density at radius 3 is 2.46 bits per heavy atom. The predicted molar refractivity (Wildman–Crippen MR) is 101 cm³/mol. The van der Waals surface area contributed by atoms with Crippen molar-refractivity contribution >= 4 is 23.1 Å². The van der Waals surface area contributed by atoms with Crippen LogP contribution in [0, 0.1) is 0 Å². The van der Waals surface area contributed by atoms with Gasteiger partial charge in [-0.25, -0.2) is 0 Å². The summed E-state index contributed by atoms with van der Waals surface area (Å²) in [5.74, 6) is 1.46. The van der Waals surface area contributed by atoms with Crippen LogP contribution in [-0.4, -0.2) is 44.4 Å². The molecule has 26 heavy (non-hydrogen) atoms. The van der Waals surface area contributed by atoms with Gasteiger partial charge in [0.2, 0.25) is 0 Å². The molecule has 2 aromatic carbocycles. The smallest absolute Gasteiger partial charge is 0.161 e. The van der Waals surface area contributed by atoms with Crippen molar-refractivity contribution in [3.05, 3.63) is 47.0 Å². The van der Waals surface area contributed by atoms with Gasteiger partial charge in [0.05, 0.1) is 19.9 Å². The average molecular weight is 380 g/mol. The van der Waals surface area contributed by atoms with Crippen molar-refractivity contribution in [2.45, 2.75) is 13.0 Å². The number of ether oxygens (including phenoxy) is 3. The maximum absolute atomic E-state index is 11.4. The standard InChI is InChI=1S/C19H22ClNO5/c1-12(22)13-4-6-18(19(8-13)25-3)26-11-15(23)10-21-16-9-14(20)5-7-17(16)24-2/h4-9,15,21,23H,10-11H2,1-3H3/t15-/m1/s1. The Morgan fingerprint density at radius 2 is 1.81 bits per heavy atom. The number of methoxy groups -OCH3 is 2. The SMILES string of the molecule is COc1ccc(Cl)cc1NC[C@@H](O)COc1ccc(C(C)=O)cc1OC. The van der Waals surface area contributed by atoms with Crippen molar-refractivity contribution in [2.75, 3.05) is 32.7 Å². The number of carbonyl (C=O) groups is 1. The maximum Gasteiger partial charge on any atom is 0.161 e. The fourth-order valence-corrected chi connectivity index (χ4v) is 2.47. The van der Waals surface area contributed by atoms with E-state index in [-0.39, 0.29) is 18.9 Å².